The molecule has 1 aromatic rings. The van der Waals surface area contributed by atoms with Crippen molar-refractivity contribution in [3.8, 4) is 5.75 Å². The summed E-state index contributed by atoms with van der Waals surface area (Å²) >= 11 is 8.08. The highest BCUT2D eigenvalue weighted by Gasteiger charge is 2.17. The molecule has 1 fully saturated rings. The Morgan fingerprint density at radius 2 is 2.40 bits per heavy atom. The van der Waals surface area contributed by atoms with E-state index in [1.165, 1.54) is 12.2 Å². The zero-order valence-electron chi connectivity index (χ0n) is 11.0. The number of carbonyl (C=O) groups is 1. The highest BCUT2D eigenvalue weighted by atomic mass is 35.5. The van der Waals surface area contributed by atoms with E-state index in [-0.39, 0.29) is 12.5 Å². The van der Waals surface area contributed by atoms with Crippen molar-refractivity contribution in [3.63, 3.8) is 0 Å². The van der Waals surface area contributed by atoms with Crippen LogP contribution in [0.15, 0.2) is 18.2 Å². The molecule has 0 radical (unpaired) electrons. The lowest BCUT2D eigenvalue weighted by atomic mass is 10.1. The molecule has 1 saturated heterocycles. The third kappa shape index (κ3) is 4.30. The van der Waals surface area contributed by atoms with Crippen LogP contribution in [-0.2, 0) is 11.2 Å². The van der Waals surface area contributed by atoms with Crippen molar-refractivity contribution >= 4 is 29.3 Å². The SMILES string of the molecule is NC(Cc1ccc(OC2CCCSC2)c(Cl)c1)C(=O)O. The first kappa shape index (κ1) is 15.5. The van der Waals surface area contributed by atoms with Crippen LogP contribution in [0.5, 0.6) is 5.75 Å². The summed E-state index contributed by atoms with van der Waals surface area (Å²) < 4.78 is 5.89. The van der Waals surface area contributed by atoms with Crippen molar-refractivity contribution in [2.75, 3.05) is 11.5 Å². The molecular formula is C14H18ClNO3S. The Balaban J connectivity index is 1.99. The summed E-state index contributed by atoms with van der Waals surface area (Å²) in [5.41, 5.74) is 6.31. The van der Waals surface area contributed by atoms with Crippen LogP contribution in [0.2, 0.25) is 5.02 Å². The van der Waals surface area contributed by atoms with Gasteiger partial charge in [-0.1, -0.05) is 17.7 Å². The molecule has 1 aromatic carbocycles. The van der Waals surface area contributed by atoms with Crippen molar-refractivity contribution < 1.29 is 14.6 Å². The standard InChI is InChI=1S/C14H18ClNO3S/c15-11-6-9(7-12(16)14(17)18)3-4-13(11)19-10-2-1-5-20-8-10/h3-4,6,10,12H,1-2,5,7-8,16H2,(H,17,18). The fourth-order valence-corrected chi connectivity index (χ4v) is 3.37. The average Bonchev–Trinajstić information content (AvgIpc) is 2.43. The van der Waals surface area contributed by atoms with Crippen molar-refractivity contribution in [2.45, 2.75) is 31.4 Å². The highest BCUT2D eigenvalue weighted by molar-refractivity contribution is 7.99. The molecule has 3 N–H and O–H groups in total. The van der Waals surface area contributed by atoms with Gasteiger partial charge >= 0.3 is 5.97 Å². The van der Waals surface area contributed by atoms with Gasteiger partial charge in [-0.15, -0.1) is 0 Å². The molecule has 0 aliphatic carbocycles. The fraction of sp³-hybridized carbons (Fsp3) is 0.500. The van der Waals surface area contributed by atoms with Gasteiger partial charge in [0.2, 0.25) is 0 Å². The number of aliphatic carboxylic acids is 1. The van der Waals surface area contributed by atoms with Gasteiger partial charge in [-0.3, -0.25) is 4.79 Å². The number of carboxylic acid groups (broad SMARTS) is 1. The first-order valence-electron chi connectivity index (χ1n) is 6.57. The second-order valence-corrected chi connectivity index (χ2v) is 6.43. The lowest BCUT2D eigenvalue weighted by Gasteiger charge is -2.23. The van der Waals surface area contributed by atoms with E-state index >= 15 is 0 Å². The van der Waals surface area contributed by atoms with Gasteiger partial charge in [-0.05, 0) is 42.7 Å². The second kappa shape index (κ2) is 7.20. The fourth-order valence-electron chi connectivity index (χ4n) is 2.09. The summed E-state index contributed by atoms with van der Waals surface area (Å²) in [5.74, 6) is 1.83. The molecule has 6 heteroatoms. The Bertz CT molecular complexity index is 477. The smallest absolute Gasteiger partial charge is 0.320 e. The maximum absolute atomic E-state index is 10.7. The van der Waals surface area contributed by atoms with E-state index < -0.39 is 12.0 Å². The Kier molecular flexibility index (Phi) is 5.57. The van der Waals surface area contributed by atoms with E-state index in [0.717, 1.165) is 17.7 Å². The quantitative estimate of drug-likeness (QED) is 0.873. The largest absolute Gasteiger partial charge is 0.488 e. The number of benzene rings is 1. The number of ether oxygens (including phenoxy) is 1. The van der Waals surface area contributed by atoms with Gasteiger partial charge in [-0.2, -0.15) is 11.8 Å². The molecule has 1 heterocycles. The van der Waals surface area contributed by atoms with Crippen LogP contribution in [0, 0.1) is 0 Å². The summed E-state index contributed by atoms with van der Waals surface area (Å²) in [6, 6.07) is 4.44. The molecule has 0 spiro atoms. The van der Waals surface area contributed by atoms with E-state index in [1.807, 2.05) is 17.8 Å². The molecule has 0 aromatic heterocycles. The maximum atomic E-state index is 10.7. The molecule has 0 amide bonds. The van der Waals surface area contributed by atoms with E-state index in [0.29, 0.717) is 10.8 Å². The van der Waals surface area contributed by atoms with E-state index in [4.69, 9.17) is 27.2 Å². The zero-order chi connectivity index (χ0) is 14.5. The van der Waals surface area contributed by atoms with Gasteiger partial charge in [0.25, 0.3) is 0 Å². The van der Waals surface area contributed by atoms with Crippen molar-refractivity contribution in [1.29, 1.82) is 0 Å². The van der Waals surface area contributed by atoms with Crippen molar-refractivity contribution in [3.05, 3.63) is 28.8 Å². The topological polar surface area (TPSA) is 72.5 Å². The normalized spacial score (nSPS) is 20.4. The third-order valence-corrected chi connectivity index (χ3v) is 4.66. The van der Waals surface area contributed by atoms with Crippen LogP contribution < -0.4 is 10.5 Å². The minimum atomic E-state index is -1.01. The molecule has 1 aliphatic heterocycles. The second-order valence-electron chi connectivity index (χ2n) is 4.87. The minimum Gasteiger partial charge on any atom is -0.488 e. The molecule has 0 bridgehead atoms. The van der Waals surface area contributed by atoms with Crippen LogP contribution in [0.3, 0.4) is 0 Å². The number of carboxylic acids is 1. The molecule has 2 rings (SSSR count). The first-order chi connectivity index (χ1) is 9.56. The Morgan fingerprint density at radius 1 is 1.60 bits per heavy atom. The Morgan fingerprint density at radius 3 is 3.00 bits per heavy atom. The molecule has 20 heavy (non-hydrogen) atoms. The molecule has 2 atom stereocenters. The predicted molar refractivity (Wildman–Crippen MR) is 81.7 cm³/mol. The summed E-state index contributed by atoms with van der Waals surface area (Å²) in [4.78, 5) is 10.7. The summed E-state index contributed by atoms with van der Waals surface area (Å²) in [6.07, 6.45) is 2.68. The van der Waals surface area contributed by atoms with Gasteiger partial charge in [0, 0.05) is 5.75 Å². The van der Waals surface area contributed by atoms with Crippen LogP contribution in [0.4, 0.5) is 0 Å². The minimum absolute atomic E-state index is 0.207. The van der Waals surface area contributed by atoms with Crippen LogP contribution in [-0.4, -0.2) is 34.7 Å². The van der Waals surface area contributed by atoms with Gasteiger partial charge in [0.15, 0.2) is 0 Å². The number of hydrogen-bond acceptors (Lipinski definition) is 4. The van der Waals surface area contributed by atoms with Gasteiger partial charge in [0.1, 0.15) is 17.9 Å². The van der Waals surface area contributed by atoms with E-state index in [1.54, 1.807) is 12.1 Å². The van der Waals surface area contributed by atoms with E-state index in [9.17, 15) is 4.79 Å². The highest BCUT2D eigenvalue weighted by Crippen LogP contribution is 2.29. The number of halogens is 1. The first-order valence-corrected chi connectivity index (χ1v) is 8.10. The summed E-state index contributed by atoms with van der Waals surface area (Å²) in [6.45, 7) is 0. The molecular weight excluding hydrogens is 298 g/mol. The van der Waals surface area contributed by atoms with Crippen LogP contribution in [0.25, 0.3) is 0 Å². The number of nitrogens with two attached hydrogens (primary N) is 1. The molecule has 4 nitrogen and oxygen atoms in total. The maximum Gasteiger partial charge on any atom is 0.320 e. The summed E-state index contributed by atoms with van der Waals surface area (Å²) in [7, 11) is 0. The van der Waals surface area contributed by atoms with Gasteiger partial charge in [0.05, 0.1) is 5.02 Å². The van der Waals surface area contributed by atoms with Crippen LogP contribution >= 0.6 is 23.4 Å². The lowest BCUT2D eigenvalue weighted by molar-refractivity contribution is -0.138. The van der Waals surface area contributed by atoms with Gasteiger partial charge < -0.3 is 15.6 Å². The summed E-state index contributed by atoms with van der Waals surface area (Å²) in [5, 5.41) is 9.31. The van der Waals surface area contributed by atoms with Gasteiger partial charge in [-0.25, -0.2) is 0 Å². The molecule has 2 unspecified atom stereocenters. The van der Waals surface area contributed by atoms with E-state index in [2.05, 4.69) is 0 Å². The number of thioether (sulfide) groups is 1. The zero-order valence-corrected chi connectivity index (χ0v) is 12.6. The van der Waals surface area contributed by atoms with Crippen molar-refractivity contribution in [1.82, 2.24) is 0 Å². The number of rotatable bonds is 5. The predicted octanol–water partition coefficient (Wildman–Crippen LogP) is 2.57. The average molecular weight is 316 g/mol. The monoisotopic (exact) mass is 315 g/mol. The molecule has 110 valence electrons. The molecule has 1 aliphatic rings. The third-order valence-electron chi connectivity index (χ3n) is 3.18. The van der Waals surface area contributed by atoms with Crippen molar-refractivity contribution in [2.24, 2.45) is 5.73 Å². The number of hydrogen-bond donors (Lipinski definition) is 2. The Labute approximate surface area is 127 Å². The Hall–Kier alpha value is -0.910. The molecule has 0 saturated carbocycles. The van der Waals surface area contributed by atoms with Crippen LogP contribution in [0.1, 0.15) is 18.4 Å². The lowest BCUT2D eigenvalue weighted by Crippen LogP contribution is -2.32.